The molecule has 0 spiro atoms. The lowest BCUT2D eigenvalue weighted by Gasteiger charge is -2.07. The number of fused-ring (bicyclic) bond motifs is 1. The fourth-order valence-electron chi connectivity index (χ4n) is 2.32. The van der Waals surface area contributed by atoms with Gasteiger partial charge in [-0.3, -0.25) is 14.8 Å². The molecule has 0 aliphatic heterocycles. The highest BCUT2D eigenvalue weighted by molar-refractivity contribution is 6.08. The second kappa shape index (κ2) is 5.21. The Bertz CT molecular complexity index is 766. The summed E-state index contributed by atoms with van der Waals surface area (Å²) in [4.78, 5) is 21.0. The maximum Gasteiger partial charge on any atom is 0.167 e. The smallest absolute Gasteiger partial charge is 0.167 e. The average Bonchev–Trinajstić information content (AvgIpc) is 2.47. The average molecular weight is 262 g/mol. The largest absolute Gasteiger partial charge is 0.294 e. The van der Waals surface area contributed by atoms with Crippen molar-refractivity contribution in [3.05, 3.63) is 71.7 Å². The SMILES string of the molecule is Cc1cc(C(=O)Cc2ccncc2)c2ccccc2n1. The topological polar surface area (TPSA) is 42.9 Å². The molecule has 0 saturated heterocycles. The van der Waals surface area contributed by atoms with Crippen molar-refractivity contribution in [3.63, 3.8) is 0 Å². The molecule has 0 aliphatic rings. The lowest BCUT2D eigenvalue weighted by Crippen LogP contribution is -2.05. The van der Waals surface area contributed by atoms with Crippen LogP contribution in [-0.4, -0.2) is 15.8 Å². The lowest BCUT2D eigenvalue weighted by molar-refractivity contribution is 0.0994. The van der Waals surface area contributed by atoms with Crippen LogP contribution in [0.3, 0.4) is 0 Å². The molecule has 3 aromatic rings. The molecular formula is C17H14N2O. The van der Waals surface area contributed by atoms with Crippen molar-refractivity contribution in [2.45, 2.75) is 13.3 Å². The summed E-state index contributed by atoms with van der Waals surface area (Å²) >= 11 is 0. The summed E-state index contributed by atoms with van der Waals surface area (Å²) in [5.74, 6) is 0.109. The normalized spacial score (nSPS) is 10.7. The van der Waals surface area contributed by atoms with E-state index in [2.05, 4.69) is 9.97 Å². The van der Waals surface area contributed by atoms with Gasteiger partial charge >= 0.3 is 0 Å². The number of hydrogen-bond donors (Lipinski definition) is 0. The van der Waals surface area contributed by atoms with Crippen molar-refractivity contribution in [1.82, 2.24) is 9.97 Å². The maximum atomic E-state index is 12.5. The van der Waals surface area contributed by atoms with Gasteiger partial charge in [-0.2, -0.15) is 0 Å². The minimum Gasteiger partial charge on any atom is -0.294 e. The first-order chi connectivity index (χ1) is 9.74. The fraction of sp³-hybridized carbons (Fsp3) is 0.118. The molecule has 0 saturated carbocycles. The molecule has 3 heteroatoms. The van der Waals surface area contributed by atoms with Gasteiger partial charge in [0.1, 0.15) is 0 Å². The first-order valence-electron chi connectivity index (χ1n) is 6.52. The van der Waals surface area contributed by atoms with E-state index in [0.29, 0.717) is 6.42 Å². The molecule has 98 valence electrons. The number of carbonyl (C=O) groups is 1. The van der Waals surface area contributed by atoms with Crippen molar-refractivity contribution in [2.75, 3.05) is 0 Å². The van der Waals surface area contributed by atoms with Crippen molar-refractivity contribution in [2.24, 2.45) is 0 Å². The lowest BCUT2D eigenvalue weighted by atomic mass is 9.99. The zero-order chi connectivity index (χ0) is 13.9. The van der Waals surface area contributed by atoms with Gasteiger partial charge in [-0.15, -0.1) is 0 Å². The highest BCUT2D eigenvalue weighted by Gasteiger charge is 2.12. The van der Waals surface area contributed by atoms with Gasteiger partial charge in [-0.25, -0.2) is 0 Å². The molecule has 2 heterocycles. The summed E-state index contributed by atoms with van der Waals surface area (Å²) in [7, 11) is 0. The van der Waals surface area contributed by atoms with Crippen LogP contribution < -0.4 is 0 Å². The molecule has 1 aromatic carbocycles. The molecule has 0 bridgehead atoms. The highest BCUT2D eigenvalue weighted by atomic mass is 16.1. The Morgan fingerprint density at radius 3 is 2.65 bits per heavy atom. The number of aryl methyl sites for hydroxylation is 1. The third-order valence-electron chi connectivity index (χ3n) is 3.26. The molecule has 3 nitrogen and oxygen atoms in total. The van der Waals surface area contributed by atoms with Crippen LogP contribution in [0.1, 0.15) is 21.6 Å². The van der Waals surface area contributed by atoms with E-state index in [1.54, 1.807) is 12.4 Å². The Morgan fingerprint density at radius 2 is 1.85 bits per heavy atom. The van der Waals surface area contributed by atoms with Gasteiger partial charge in [-0.1, -0.05) is 18.2 Å². The van der Waals surface area contributed by atoms with Crippen LogP contribution in [0, 0.1) is 6.92 Å². The third kappa shape index (κ3) is 2.43. The van der Waals surface area contributed by atoms with Crippen molar-refractivity contribution >= 4 is 16.7 Å². The highest BCUT2D eigenvalue weighted by Crippen LogP contribution is 2.20. The molecule has 0 N–H and O–H groups in total. The molecule has 0 radical (unpaired) electrons. The molecule has 0 atom stereocenters. The number of pyridine rings is 2. The number of Topliss-reactive ketones (excluding diaryl/α,β-unsaturated/α-hetero) is 1. The van der Waals surface area contributed by atoms with Crippen LogP contribution in [0.5, 0.6) is 0 Å². The number of carbonyl (C=O) groups excluding carboxylic acids is 1. The van der Waals surface area contributed by atoms with Crippen LogP contribution in [-0.2, 0) is 6.42 Å². The van der Waals surface area contributed by atoms with E-state index < -0.39 is 0 Å². The Kier molecular flexibility index (Phi) is 3.25. The summed E-state index contributed by atoms with van der Waals surface area (Å²) < 4.78 is 0. The van der Waals surface area contributed by atoms with Gasteiger partial charge in [0, 0.05) is 35.5 Å². The Labute approximate surface area is 117 Å². The molecule has 3 rings (SSSR count). The van der Waals surface area contributed by atoms with Gasteiger partial charge in [0.2, 0.25) is 0 Å². The number of nitrogens with zero attached hydrogens (tertiary/aromatic N) is 2. The van der Waals surface area contributed by atoms with E-state index in [1.807, 2.05) is 49.4 Å². The van der Waals surface area contributed by atoms with Gasteiger partial charge in [0.25, 0.3) is 0 Å². The number of benzene rings is 1. The molecular weight excluding hydrogens is 248 g/mol. The number of para-hydroxylation sites is 1. The fourth-order valence-corrected chi connectivity index (χ4v) is 2.32. The van der Waals surface area contributed by atoms with Gasteiger partial charge in [0.15, 0.2) is 5.78 Å². The van der Waals surface area contributed by atoms with Crippen molar-refractivity contribution < 1.29 is 4.79 Å². The molecule has 0 aliphatic carbocycles. The monoisotopic (exact) mass is 262 g/mol. The van der Waals surface area contributed by atoms with Crippen LogP contribution in [0.15, 0.2) is 54.9 Å². The van der Waals surface area contributed by atoms with E-state index in [0.717, 1.165) is 27.7 Å². The first-order valence-corrected chi connectivity index (χ1v) is 6.52. The van der Waals surface area contributed by atoms with Crippen LogP contribution in [0.25, 0.3) is 10.9 Å². The Balaban J connectivity index is 2.03. The number of hydrogen-bond acceptors (Lipinski definition) is 3. The minimum atomic E-state index is 0.109. The van der Waals surface area contributed by atoms with Gasteiger partial charge in [0.05, 0.1) is 5.52 Å². The Hall–Kier alpha value is -2.55. The van der Waals surface area contributed by atoms with E-state index in [9.17, 15) is 4.79 Å². The Morgan fingerprint density at radius 1 is 1.10 bits per heavy atom. The predicted molar refractivity (Wildman–Crippen MR) is 78.8 cm³/mol. The maximum absolute atomic E-state index is 12.5. The third-order valence-corrected chi connectivity index (χ3v) is 3.26. The van der Waals surface area contributed by atoms with E-state index >= 15 is 0 Å². The minimum absolute atomic E-state index is 0.109. The van der Waals surface area contributed by atoms with Gasteiger partial charge < -0.3 is 0 Å². The number of aromatic nitrogens is 2. The molecule has 2 aromatic heterocycles. The van der Waals surface area contributed by atoms with E-state index in [-0.39, 0.29) is 5.78 Å². The van der Waals surface area contributed by atoms with Crippen LogP contribution in [0.4, 0.5) is 0 Å². The van der Waals surface area contributed by atoms with Crippen molar-refractivity contribution in [1.29, 1.82) is 0 Å². The molecule has 0 fully saturated rings. The van der Waals surface area contributed by atoms with E-state index in [4.69, 9.17) is 0 Å². The summed E-state index contributed by atoms with van der Waals surface area (Å²) in [5.41, 5.74) is 3.45. The summed E-state index contributed by atoms with van der Waals surface area (Å²) in [6.07, 6.45) is 3.80. The zero-order valence-corrected chi connectivity index (χ0v) is 11.2. The second-order valence-electron chi connectivity index (χ2n) is 4.78. The number of rotatable bonds is 3. The van der Waals surface area contributed by atoms with Gasteiger partial charge in [-0.05, 0) is 36.8 Å². The molecule has 0 amide bonds. The molecule has 0 unspecified atom stereocenters. The van der Waals surface area contributed by atoms with Crippen molar-refractivity contribution in [3.8, 4) is 0 Å². The van der Waals surface area contributed by atoms with Crippen LogP contribution in [0.2, 0.25) is 0 Å². The summed E-state index contributed by atoms with van der Waals surface area (Å²) in [6.45, 7) is 1.91. The first kappa shape index (κ1) is 12.5. The quantitative estimate of drug-likeness (QED) is 0.680. The molecule has 20 heavy (non-hydrogen) atoms. The standard InChI is InChI=1S/C17H14N2O/c1-12-10-15(14-4-2-3-5-16(14)19-12)17(20)11-13-6-8-18-9-7-13/h2-10H,11H2,1H3. The number of ketones is 1. The summed E-state index contributed by atoms with van der Waals surface area (Å²) in [6, 6.07) is 13.4. The van der Waals surface area contributed by atoms with Crippen LogP contribution >= 0.6 is 0 Å². The zero-order valence-electron chi connectivity index (χ0n) is 11.2. The van der Waals surface area contributed by atoms with E-state index in [1.165, 1.54) is 0 Å². The second-order valence-corrected chi connectivity index (χ2v) is 4.78. The predicted octanol–water partition coefficient (Wildman–Crippen LogP) is 3.36. The summed E-state index contributed by atoms with van der Waals surface area (Å²) in [5, 5.41) is 0.914.